The van der Waals surface area contributed by atoms with Gasteiger partial charge in [-0.2, -0.15) is 5.26 Å². The number of ether oxygens (including phenoxy) is 1. The molecule has 1 aliphatic rings. The molecule has 0 saturated carbocycles. The molecule has 0 fully saturated rings. The highest BCUT2D eigenvalue weighted by Crippen LogP contribution is 2.40. The largest absolute Gasteiger partial charge is 0.372 e. The number of benzene rings is 7. The standard InChI is InChI=1S/C45H30N2O/c46-27-30-15-20-45-43(21-30)41-13-7-8-14-44(41)47(45)39-18-16-34-28-48-29-38-22-33(17-19-40(38)42(34)26-39)37-24-35(31-9-3-1-4-10-31)23-36(25-37)32-11-5-2-6-12-32/h1-26H,28-29H2. The minimum Gasteiger partial charge on any atom is -0.372 e. The Balaban J connectivity index is 1.18. The molecule has 7 aromatic carbocycles. The van der Waals surface area contributed by atoms with Crippen LogP contribution in [0.15, 0.2) is 158 Å². The van der Waals surface area contributed by atoms with E-state index in [0.29, 0.717) is 18.8 Å². The summed E-state index contributed by atoms with van der Waals surface area (Å²) in [6.45, 7) is 1.10. The average Bonchev–Trinajstić information content (AvgIpc) is 3.37. The summed E-state index contributed by atoms with van der Waals surface area (Å²) in [6, 6.07) is 58.3. The van der Waals surface area contributed by atoms with Crippen molar-refractivity contribution in [1.29, 1.82) is 5.26 Å². The van der Waals surface area contributed by atoms with Gasteiger partial charge in [-0.15, -0.1) is 0 Å². The lowest BCUT2D eigenvalue weighted by Gasteiger charge is -2.15. The van der Waals surface area contributed by atoms with Gasteiger partial charge in [-0.05, 0) is 116 Å². The van der Waals surface area contributed by atoms with Crippen molar-refractivity contribution in [3.8, 4) is 56.3 Å². The highest BCUT2D eigenvalue weighted by Gasteiger charge is 2.19. The van der Waals surface area contributed by atoms with Gasteiger partial charge in [0.05, 0.1) is 35.9 Å². The maximum absolute atomic E-state index is 9.60. The molecule has 0 amide bonds. The fourth-order valence-electron chi connectivity index (χ4n) is 7.22. The Hall–Kier alpha value is -6.21. The van der Waals surface area contributed by atoms with E-state index in [9.17, 15) is 5.26 Å². The van der Waals surface area contributed by atoms with Gasteiger partial charge < -0.3 is 9.30 Å². The molecular formula is C45H30N2O. The summed E-state index contributed by atoms with van der Waals surface area (Å²) in [5, 5.41) is 11.8. The Morgan fingerprint density at radius 1 is 0.458 bits per heavy atom. The molecule has 3 nitrogen and oxygen atoms in total. The molecule has 9 rings (SSSR count). The smallest absolute Gasteiger partial charge is 0.0991 e. The number of rotatable bonds is 4. The molecule has 0 bridgehead atoms. The van der Waals surface area contributed by atoms with Gasteiger partial charge in [0.15, 0.2) is 0 Å². The lowest BCUT2D eigenvalue weighted by Crippen LogP contribution is -1.97. The third-order valence-corrected chi connectivity index (χ3v) is 9.54. The minimum absolute atomic E-state index is 0.545. The first-order valence-corrected chi connectivity index (χ1v) is 16.3. The predicted molar refractivity (Wildman–Crippen MR) is 196 cm³/mol. The average molecular weight is 615 g/mol. The van der Waals surface area contributed by atoms with Crippen LogP contribution in [0.25, 0.3) is 72.0 Å². The maximum Gasteiger partial charge on any atom is 0.0991 e. The van der Waals surface area contributed by atoms with E-state index in [-0.39, 0.29) is 0 Å². The van der Waals surface area contributed by atoms with Crippen LogP contribution in [0.3, 0.4) is 0 Å². The molecule has 0 unspecified atom stereocenters. The van der Waals surface area contributed by atoms with Crippen LogP contribution in [-0.4, -0.2) is 4.57 Å². The molecular weight excluding hydrogens is 585 g/mol. The number of nitrogens with zero attached hydrogens (tertiary/aromatic N) is 2. The number of hydrogen-bond acceptors (Lipinski definition) is 2. The van der Waals surface area contributed by atoms with Crippen molar-refractivity contribution in [2.24, 2.45) is 0 Å². The molecule has 226 valence electrons. The third-order valence-electron chi connectivity index (χ3n) is 9.54. The van der Waals surface area contributed by atoms with Gasteiger partial charge in [0, 0.05) is 16.5 Å². The van der Waals surface area contributed by atoms with E-state index in [2.05, 4.69) is 156 Å². The van der Waals surface area contributed by atoms with Crippen LogP contribution in [0.1, 0.15) is 16.7 Å². The number of nitriles is 1. The highest BCUT2D eigenvalue weighted by molar-refractivity contribution is 6.09. The zero-order valence-electron chi connectivity index (χ0n) is 26.2. The Morgan fingerprint density at radius 2 is 1.10 bits per heavy atom. The Bertz CT molecular complexity index is 2480. The van der Waals surface area contributed by atoms with E-state index in [1.807, 2.05) is 12.1 Å². The van der Waals surface area contributed by atoms with Crippen molar-refractivity contribution in [3.05, 3.63) is 174 Å². The molecule has 1 aromatic heterocycles. The van der Waals surface area contributed by atoms with Gasteiger partial charge in [0.2, 0.25) is 0 Å². The van der Waals surface area contributed by atoms with Crippen molar-refractivity contribution in [3.63, 3.8) is 0 Å². The highest BCUT2D eigenvalue weighted by atomic mass is 16.5. The van der Waals surface area contributed by atoms with Crippen molar-refractivity contribution in [1.82, 2.24) is 4.57 Å². The quantitative estimate of drug-likeness (QED) is 0.198. The van der Waals surface area contributed by atoms with E-state index in [0.717, 1.165) is 27.5 Å². The molecule has 2 heterocycles. The molecule has 0 radical (unpaired) electrons. The first-order chi connectivity index (χ1) is 23.7. The number of para-hydroxylation sites is 1. The molecule has 8 aromatic rings. The Morgan fingerprint density at radius 3 is 1.83 bits per heavy atom. The van der Waals surface area contributed by atoms with Gasteiger partial charge in [-0.1, -0.05) is 97.1 Å². The molecule has 0 N–H and O–H groups in total. The number of hydrogen-bond donors (Lipinski definition) is 0. The van der Waals surface area contributed by atoms with Crippen LogP contribution in [0, 0.1) is 11.3 Å². The topological polar surface area (TPSA) is 38.0 Å². The predicted octanol–water partition coefficient (Wildman–Crippen LogP) is 11.4. The zero-order chi connectivity index (χ0) is 32.0. The molecule has 1 aliphatic heterocycles. The summed E-state index contributed by atoms with van der Waals surface area (Å²) in [6.07, 6.45) is 0. The number of aromatic nitrogens is 1. The normalized spacial score (nSPS) is 12.3. The van der Waals surface area contributed by atoms with E-state index in [1.165, 1.54) is 55.6 Å². The van der Waals surface area contributed by atoms with Crippen LogP contribution < -0.4 is 0 Å². The van der Waals surface area contributed by atoms with Gasteiger partial charge >= 0.3 is 0 Å². The molecule has 0 spiro atoms. The van der Waals surface area contributed by atoms with Gasteiger partial charge in [0.1, 0.15) is 0 Å². The zero-order valence-corrected chi connectivity index (χ0v) is 26.2. The summed E-state index contributed by atoms with van der Waals surface area (Å²) >= 11 is 0. The molecule has 0 saturated heterocycles. The second kappa shape index (κ2) is 11.5. The summed E-state index contributed by atoms with van der Waals surface area (Å²) < 4.78 is 8.60. The van der Waals surface area contributed by atoms with Crippen LogP contribution in [0.2, 0.25) is 0 Å². The molecule has 3 heteroatoms. The van der Waals surface area contributed by atoms with Crippen molar-refractivity contribution in [2.75, 3.05) is 0 Å². The van der Waals surface area contributed by atoms with Crippen molar-refractivity contribution >= 4 is 21.8 Å². The Kier molecular flexibility index (Phi) is 6.75. The summed E-state index contributed by atoms with van der Waals surface area (Å²) in [7, 11) is 0. The van der Waals surface area contributed by atoms with Gasteiger partial charge in [0.25, 0.3) is 0 Å². The molecule has 0 aliphatic carbocycles. The first kappa shape index (κ1) is 28.0. The van der Waals surface area contributed by atoms with Crippen molar-refractivity contribution in [2.45, 2.75) is 13.2 Å². The van der Waals surface area contributed by atoms with Crippen LogP contribution in [0.4, 0.5) is 0 Å². The first-order valence-electron chi connectivity index (χ1n) is 16.3. The fourth-order valence-corrected chi connectivity index (χ4v) is 7.22. The maximum atomic E-state index is 9.60. The van der Waals surface area contributed by atoms with Crippen LogP contribution >= 0.6 is 0 Å². The number of fused-ring (bicyclic) bond motifs is 6. The van der Waals surface area contributed by atoms with E-state index in [1.54, 1.807) is 0 Å². The lowest BCUT2D eigenvalue weighted by atomic mass is 9.90. The van der Waals surface area contributed by atoms with E-state index >= 15 is 0 Å². The monoisotopic (exact) mass is 614 g/mol. The summed E-state index contributed by atoms with van der Waals surface area (Å²) in [5.74, 6) is 0. The minimum atomic E-state index is 0.545. The molecule has 0 atom stereocenters. The Labute approximate surface area is 279 Å². The fraction of sp³-hybridized carbons (Fsp3) is 0.0444. The summed E-state index contributed by atoms with van der Waals surface area (Å²) in [4.78, 5) is 0. The summed E-state index contributed by atoms with van der Waals surface area (Å²) in [5.41, 5.74) is 15.8. The second-order valence-electron chi connectivity index (χ2n) is 12.4. The SMILES string of the molecule is N#Cc1ccc2c(c1)c1ccccc1n2-c1ccc2c(c1)-c1ccc(-c3cc(-c4ccccc4)cc(-c4ccccc4)c3)cc1COC2. The van der Waals surface area contributed by atoms with Crippen molar-refractivity contribution < 1.29 is 4.74 Å². The van der Waals surface area contributed by atoms with Crippen LogP contribution in [0.5, 0.6) is 0 Å². The lowest BCUT2D eigenvalue weighted by molar-refractivity contribution is 0.110. The van der Waals surface area contributed by atoms with Gasteiger partial charge in [-0.3, -0.25) is 0 Å². The van der Waals surface area contributed by atoms with E-state index < -0.39 is 0 Å². The second-order valence-corrected chi connectivity index (χ2v) is 12.4. The van der Waals surface area contributed by atoms with Gasteiger partial charge in [-0.25, -0.2) is 0 Å². The van der Waals surface area contributed by atoms with E-state index in [4.69, 9.17) is 4.74 Å². The molecule has 48 heavy (non-hydrogen) atoms. The third kappa shape index (κ3) is 4.79. The van der Waals surface area contributed by atoms with Crippen LogP contribution in [-0.2, 0) is 18.0 Å².